The highest BCUT2D eigenvalue weighted by Gasteiger charge is 2.47. The second-order valence-corrected chi connectivity index (χ2v) is 8.31. The smallest absolute Gasteiger partial charge is 0.410 e. The van der Waals surface area contributed by atoms with Crippen LogP contribution in [0.15, 0.2) is 34.9 Å². The second kappa shape index (κ2) is 6.85. The van der Waals surface area contributed by atoms with Gasteiger partial charge in [-0.25, -0.2) is 9.48 Å². The third-order valence-corrected chi connectivity index (χ3v) is 4.66. The first kappa shape index (κ1) is 19.7. The van der Waals surface area contributed by atoms with Crippen LogP contribution >= 0.6 is 15.9 Å². The number of halogens is 4. The van der Waals surface area contributed by atoms with Crippen LogP contribution in [0.4, 0.5) is 19.0 Å². The van der Waals surface area contributed by atoms with E-state index in [1.807, 2.05) is 0 Å². The number of nitrogens with one attached hydrogen (secondary N) is 1. The van der Waals surface area contributed by atoms with Gasteiger partial charge >= 0.3 is 12.1 Å². The Kier molecular flexibility index (Phi) is 5.00. The van der Waals surface area contributed by atoms with Crippen LogP contribution in [0.1, 0.15) is 55.2 Å². The molecule has 2 unspecified atom stereocenters. The van der Waals surface area contributed by atoms with E-state index in [0.29, 0.717) is 5.56 Å². The molecule has 0 bridgehead atoms. The van der Waals surface area contributed by atoms with E-state index in [-0.39, 0.29) is 17.8 Å². The van der Waals surface area contributed by atoms with Crippen molar-refractivity contribution in [1.82, 2.24) is 9.78 Å². The summed E-state index contributed by atoms with van der Waals surface area (Å²) in [6.45, 7) is 5.08. The molecule has 0 aliphatic carbocycles. The third kappa shape index (κ3) is 4.28. The van der Waals surface area contributed by atoms with Gasteiger partial charge in [0, 0.05) is 10.9 Å². The molecule has 1 aliphatic heterocycles. The number of rotatable bonds is 2. The van der Waals surface area contributed by atoms with Gasteiger partial charge in [0.2, 0.25) is 0 Å². The first-order valence-electron chi connectivity index (χ1n) is 8.35. The first-order chi connectivity index (χ1) is 12.5. The van der Waals surface area contributed by atoms with Gasteiger partial charge in [-0.3, -0.25) is 0 Å². The lowest BCUT2D eigenvalue weighted by molar-refractivity contribution is -0.173. The van der Waals surface area contributed by atoms with Gasteiger partial charge in [-0.1, -0.05) is 28.1 Å². The summed E-state index contributed by atoms with van der Waals surface area (Å²) in [5, 5.41) is 6.86. The molecule has 0 radical (unpaired) electrons. The highest BCUT2D eigenvalue weighted by Crippen LogP contribution is 2.44. The van der Waals surface area contributed by atoms with E-state index in [2.05, 4.69) is 26.3 Å². The van der Waals surface area contributed by atoms with Crippen molar-refractivity contribution in [2.75, 3.05) is 5.32 Å². The monoisotopic (exact) mass is 445 g/mol. The lowest BCUT2D eigenvalue weighted by atomic mass is 9.96. The van der Waals surface area contributed by atoms with E-state index in [4.69, 9.17) is 4.74 Å². The Labute approximate surface area is 163 Å². The first-order valence-corrected chi connectivity index (χ1v) is 9.14. The van der Waals surface area contributed by atoms with Crippen molar-refractivity contribution in [2.45, 2.75) is 51.1 Å². The predicted octanol–water partition coefficient (Wildman–Crippen LogP) is 5.26. The number of nitrogens with zero attached hydrogens (tertiary/aromatic N) is 2. The Balaban J connectivity index is 2.01. The number of carbonyl (C=O) groups is 1. The molecule has 27 heavy (non-hydrogen) atoms. The number of benzene rings is 1. The van der Waals surface area contributed by atoms with E-state index in [0.717, 1.165) is 15.4 Å². The SMILES string of the molecule is CC(C)(C)OC(=O)c1cnn2c1NC(c1ccc(Br)cc1)CC2C(F)(F)F. The molecule has 1 N–H and O–H groups in total. The van der Waals surface area contributed by atoms with Gasteiger partial charge in [0.25, 0.3) is 0 Å². The number of fused-ring (bicyclic) bond motifs is 1. The number of alkyl halides is 3. The molecular formula is C18H19BrF3N3O2. The molecule has 9 heteroatoms. The average molecular weight is 446 g/mol. The summed E-state index contributed by atoms with van der Waals surface area (Å²) in [5.41, 5.74) is -0.0919. The van der Waals surface area contributed by atoms with Crippen molar-refractivity contribution in [2.24, 2.45) is 0 Å². The largest absolute Gasteiger partial charge is 0.456 e. The van der Waals surface area contributed by atoms with Crippen LogP contribution in [-0.4, -0.2) is 27.5 Å². The fraction of sp³-hybridized carbons (Fsp3) is 0.444. The Morgan fingerprint density at radius 2 is 1.89 bits per heavy atom. The number of hydrogen-bond donors (Lipinski definition) is 1. The summed E-state index contributed by atoms with van der Waals surface area (Å²) >= 11 is 3.32. The lowest BCUT2D eigenvalue weighted by Crippen LogP contribution is -2.36. The van der Waals surface area contributed by atoms with Crippen molar-refractivity contribution in [3.63, 3.8) is 0 Å². The fourth-order valence-electron chi connectivity index (χ4n) is 2.96. The van der Waals surface area contributed by atoms with Gasteiger partial charge in [0.15, 0.2) is 6.04 Å². The van der Waals surface area contributed by atoms with Crippen molar-refractivity contribution >= 4 is 27.7 Å². The number of hydrogen-bond acceptors (Lipinski definition) is 4. The summed E-state index contributed by atoms with van der Waals surface area (Å²) in [7, 11) is 0. The lowest BCUT2D eigenvalue weighted by Gasteiger charge is -2.34. The predicted molar refractivity (Wildman–Crippen MR) is 97.6 cm³/mol. The maximum Gasteiger partial charge on any atom is 0.410 e. The van der Waals surface area contributed by atoms with Gasteiger partial charge in [-0.15, -0.1) is 0 Å². The van der Waals surface area contributed by atoms with Crippen LogP contribution in [0.2, 0.25) is 0 Å². The molecule has 2 heterocycles. The highest BCUT2D eigenvalue weighted by molar-refractivity contribution is 9.10. The van der Waals surface area contributed by atoms with Crippen LogP contribution in [-0.2, 0) is 4.74 Å². The molecule has 1 aliphatic rings. The summed E-state index contributed by atoms with van der Waals surface area (Å²) in [5.74, 6) is -0.695. The van der Waals surface area contributed by atoms with E-state index in [9.17, 15) is 18.0 Å². The Bertz CT molecular complexity index is 841. The van der Waals surface area contributed by atoms with Crippen LogP contribution in [0.25, 0.3) is 0 Å². The van der Waals surface area contributed by atoms with Gasteiger partial charge in [0.05, 0.1) is 12.2 Å². The molecular weight excluding hydrogens is 427 g/mol. The molecule has 5 nitrogen and oxygen atoms in total. The van der Waals surface area contributed by atoms with Crippen molar-refractivity contribution in [1.29, 1.82) is 0 Å². The van der Waals surface area contributed by atoms with Crippen molar-refractivity contribution < 1.29 is 22.7 Å². The van der Waals surface area contributed by atoms with Crippen LogP contribution in [0.5, 0.6) is 0 Å². The third-order valence-electron chi connectivity index (χ3n) is 4.13. The minimum absolute atomic E-state index is 0.0130. The molecule has 2 atom stereocenters. The molecule has 0 fully saturated rings. The minimum Gasteiger partial charge on any atom is -0.456 e. The number of aromatic nitrogens is 2. The molecule has 3 rings (SSSR count). The van der Waals surface area contributed by atoms with Crippen LogP contribution in [0.3, 0.4) is 0 Å². The topological polar surface area (TPSA) is 56.1 Å². The van der Waals surface area contributed by atoms with Gasteiger partial charge in [-0.2, -0.15) is 18.3 Å². The second-order valence-electron chi connectivity index (χ2n) is 7.39. The standard InChI is InChI=1S/C18H19BrF3N3O2/c1-17(2,3)27-16(26)12-9-23-25-14(18(20,21)22)8-13(24-15(12)25)10-4-6-11(19)7-5-10/h4-7,9,13-14,24H,8H2,1-3H3. The number of carbonyl (C=O) groups excluding carboxylic acids is 1. The molecule has 0 saturated carbocycles. The maximum absolute atomic E-state index is 13.6. The van der Waals surface area contributed by atoms with E-state index in [1.165, 1.54) is 0 Å². The summed E-state index contributed by atoms with van der Waals surface area (Å²) in [4.78, 5) is 12.4. The van der Waals surface area contributed by atoms with Gasteiger partial charge in [-0.05, 0) is 38.5 Å². The molecule has 1 aromatic carbocycles. The summed E-state index contributed by atoms with van der Waals surface area (Å²) in [6.07, 6.45) is -3.60. The van der Waals surface area contributed by atoms with E-state index >= 15 is 0 Å². The molecule has 146 valence electrons. The van der Waals surface area contributed by atoms with Crippen molar-refractivity contribution in [3.8, 4) is 0 Å². The minimum atomic E-state index is -4.50. The molecule has 0 spiro atoms. The van der Waals surface area contributed by atoms with E-state index < -0.39 is 29.8 Å². The normalized spacial score (nSPS) is 20.0. The zero-order valence-electron chi connectivity index (χ0n) is 15.0. The molecule has 0 amide bonds. The molecule has 0 saturated heterocycles. The quantitative estimate of drug-likeness (QED) is 0.640. The van der Waals surface area contributed by atoms with E-state index in [1.54, 1.807) is 45.0 Å². The van der Waals surface area contributed by atoms with Crippen LogP contribution in [0, 0.1) is 0 Å². The summed E-state index contributed by atoms with van der Waals surface area (Å²) in [6, 6.07) is 4.57. The maximum atomic E-state index is 13.6. The highest BCUT2D eigenvalue weighted by atomic mass is 79.9. The van der Waals surface area contributed by atoms with Gasteiger partial charge < -0.3 is 10.1 Å². The number of ether oxygens (including phenoxy) is 1. The van der Waals surface area contributed by atoms with Crippen LogP contribution < -0.4 is 5.32 Å². The average Bonchev–Trinajstić information content (AvgIpc) is 2.96. The fourth-order valence-corrected chi connectivity index (χ4v) is 3.22. The number of esters is 1. The Morgan fingerprint density at radius 3 is 2.44 bits per heavy atom. The van der Waals surface area contributed by atoms with Crippen molar-refractivity contribution in [3.05, 3.63) is 46.1 Å². The number of anilines is 1. The summed E-state index contributed by atoms with van der Waals surface area (Å²) < 4.78 is 47.9. The molecule has 1 aromatic heterocycles. The van der Waals surface area contributed by atoms with Gasteiger partial charge in [0.1, 0.15) is 17.0 Å². The zero-order chi connectivity index (χ0) is 20.0. The Morgan fingerprint density at radius 1 is 1.26 bits per heavy atom. The molecule has 2 aromatic rings. The Hall–Kier alpha value is -2.03. The zero-order valence-corrected chi connectivity index (χ0v) is 16.6.